The van der Waals surface area contributed by atoms with E-state index >= 15 is 0 Å². The topological polar surface area (TPSA) is 80.6 Å². The molecule has 9 heteroatoms. The number of hydrogen-bond acceptors (Lipinski definition) is 5. The van der Waals surface area contributed by atoms with Crippen molar-refractivity contribution in [2.75, 3.05) is 19.0 Å². The molecule has 35 heavy (non-hydrogen) atoms. The molecule has 0 unspecified atom stereocenters. The summed E-state index contributed by atoms with van der Waals surface area (Å²) in [5.74, 6) is 0.949. The van der Waals surface area contributed by atoms with Gasteiger partial charge in [0.2, 0.25) is 0 Å². The molecule has 3 rings (SSSR count). The van der Waals surface area contributed by atoms with E-state index in [4.69, 9.17) is 37.4 Å². The van der Waals surface area contributed by atoms with Crippen molar-refractivity contribution >= 4 is 56.8 Å². The number of ether oxygens (including phenoxy) is 3. The second kappa shape index (κ2) is 12.5. The normalized spacial score (nSPS) is 10.9. The summed E-state index contributed by atoms with van der Waals surface area (Å²) in [6.45, 7) is 2.57. The number of nitriles is 1. The van der Waals surface area contributed by atoms with Crippen molar-refractivity contribution in [1.82, 2.24) is 0 Å². The summed E-state index contributed by atoms with van der Waals surface area (Å²) in [6.07, 6.45) is 1.47. The van der Waals surface area contributed by atoms with Gasteiger partial charge in [0.1, 0.15) is 24.0 Å². The van der Waals surface area contributed by atoms with Crippen molar-refractivity contribution in [3.05, 3.63) is 85.8 Å². The van der Waals surface area contributed by atoms with Crippen molar-refractivity contribution in [2.24, 2.45) is 0 Å². The number of anilines is 1. The molecular weight excluding hydrogens is 555 g/mol. The second-order valence-corrected chi connectivity index (χ2v) is 8.83. The first-order valence-corrected chi connectivity index (χ1v) is 12.0. The molecule has 0 spiro atoms. The fourth-order valence-corrected chi connectivity index (χ4v) is 3.96. The van der Waals surface area contributed by atoms with Crippen LogP contribution in [0.2, 0.25) is 10.0 Å². The quantitative estimate of drug-likeness (QED) is 0.214. The van der Waals surface area contributed by atoms with Crippen molar-refractivity contribution in [2.45, 2.75) is 13.5 Å². The molecule has 6 nitrogen and oxygen atoms in total. The summed E-state index contributed by atoms with van der Waals surface area (Å²) in [6, 6.07) is 17.4. The van der Waals surface area contributed by atoms with E-state index in [1.54, 1.807) is 54.6 Å². The van der Waals surface area contributed by atoms with Crippen LogP contribution in [0.1, 0.15) is 18.1 Å². The third-order valence-corrected chi connectivity index (χ3v) is 6.02. The molecule has 1 amide bonds. The van der Waals surface area contributed by atoms with Gasteiger partial charge in [-0.3, -0.25) is 4.79 Å². The maximum atomic E-state index is 12.7. The van der Waals surface area contributed by atoms with E-state index in [0.717, 1.165) is 5.56 Å². The first-order chi connectivity index (χ1) is 16.8. The second-order valence-electron chi connectivity index (χ2n) is 7.13. The van der Waals surface area contributed by atoms with Crippen LogP contribution in [0.4, 0.5) is 5.69 Å². The van der Waals surface area contributed by atoms with Crippen molar-refractivity contribution in [1.29, 1.82) is 5.26 Å². The number of nitrogens with zero attached hydrogens (tertiary/aromatic N) is 1. The van der Waals surface area contributed by atoms with E-state index in [1.165, 1.54) is 13.2 Å². The van der Waals surface area contributed by atoms with Gasteiger partial charge in [-0.2, -0.15) is 5.26 Å². The van der Waals surface area contributed by atoms with Crippen LogP contribution in [0.5, 0.6) is 17.2 Å². The van der Waals surface area contributed by atoms with Crippen LogP contribution in [0, 0.1) is 11.3 Å². The Balaban J connectivity index is 1.81. The van der Waals surface area contributed by atoms with Gasteiger partial charge in [0.25, 0.3) is 5.91 Å². The zero-order chi connectivity index (χ0) is 25.4. The molecule has 0 saturated heterocycles. The highest BCUT2D eigenvalue weighted by atomic mass is 79.9. The van der Waals surface area contributed by atoms with Crippen LogP contribution in [-0.4, -0.2) is 19.6 Å². The summed E-state index contributed by atoms with van der Waals surface area (Å²) in [5.41, 5.74) is 1.75. The number of rotatable bonds is 9. The Hall–Kier alpha value is -3.18. The Morgan fingerprint density at radius 1 is 1.11 bits per heavy atom. The van der Waals surface area contributed by atoms with E-state index in [-0.39, 0.29) is 12.2 Å². The Kier molecular flexibility index (Phi) is 9.44. The molecule has 0 bridgehead atoms. The predicted octanol–water partition coefficient (Wildman–Crippen LogP) is 7.29. The first kappa shape index (κ1) is 26.4. The summed E-state index contributed by atoms with van der Waals surface area (Å²) < 4.78 is 17.4. The maximum Gasteiger partial charge on any atom is 0.266 e. The molecule has 3 aromatic rings. The summed E-state index contributed by atoms with van der Waals surface area (Å²) in [4.78, 5) is 12.7. The molecular formula is C26H21BrCl2N2O4. The fraction of sp³-hybridized carbons (Fsp3) is 0.154. The number of halogens is 3. The predicted molar refractivity (Wildman–Crippen MR) is 141 cm³/mol. The van der Waals surface area contributed by atoms with Crippen molar-refractivity contribution in [3.8, 4) is 23.3 Å². The minimum absolute atomic E-state index is 0.0869. The maximum absolute atomic E-state index is 12.7. The highest BCUT2D eigenvalue weighted by molar-refractivity contribution is 9.10. The highest BCUT2D eigenvalue weighted by Crippen LogP contribution is 2.36. The molecule has 3 aromatic carbocycles. The molecule has 0 heterocycles. The zero-order valence-corrected chi connectivity index (χ0v) is 22.0. The van der Waals surface area contributed by atoms with Gasteiger partial charge in [-0.15, -0.1) is 0 Å². The number of methoxy groups -OCH3 is 1. The Labute approximate surface area is 222 Å². The van der Waals surface area contributed by atoms with E-state index < -0.39 is 5.91 Å². The molecule has 0 aliphatic heterocycles. The van der Waals surface area contributed by atoms with Crippen LogP contribution < -0.4 is 19.5 Å². The fourth-order valence-electron chi connectivity index (χ4n) is 3.06. The number of carbonyl (C=O) groups is 1. The average molecular weight is 576 g/mol. The third-order valence-electron chi connectivity index (χ3n) is 4.75. The summed E-state index contributed by atoms with van der Waals surface area (Å²) in [5, 5.41) is 13.4. The van der Waals surface area contributed by atoms with E-state index in [9.17, 15) is 10.1 Å². The van der Waals surface area contributed by atoms with Gasteiger partial charge in [-0.1, -0.05) is 51.3 Å². The number of nitrogens with one attached hydrogen (secondary N) is 1. The van der Waals surface area contributed by atoms with Gasteiger partial charge in [-0.05, 0) is 55.0 Å². The number of benzene rings is 3. The van der Waals surface area contributed by atoms with Crippen LogP contribution in [0.25, 0.3) is 6.08 Å². The summed E-state index contributed by atoms with van der Waals surface area (Å²) >= 11 is 15.6. The molecule has 0 aromatic heterocycles. The SMILES string of the molecule is CCOc1cccc(NC(=O)/C(C#N)=C\c2cc(OC)c(OCc3ccc(Cl)cc3Cl)cc2Br)c1. The standard InChI is InChI=1S/C26H21BrCl2N2O4/c1-3-34-21-6-4-5-20(12-21)31-26(32)18(14-30)9-17-10-24(33-2)25(13-22(17)27)35-15-16-7-8-19(28)11-23(16)29/h4-13H,3,15H2,1-2H3,(H,31,32)/b18-9-. The van der Waals surface area contributed by atoms with Crippen molar-refractivity contribution in [3.63, 3.8) is 0 Å². The average Bonchev–Trinajstić information content (AvgIpc) is 2.83. The first-order valence-electron chi connectivity index (χ1n) is 10.4. The molecule has 0 saturated carbocycles. The molecule has 0 atom stereocenters. The molecule has 0 fully saturated rings. The molecule has 1 N–H and O–H groups in total. The minimum Gasteiger partial charge on any atom is -0.494 e. The van der Waals surface area contributed by atoms with Crippen LogP contribution in [0.3, 0.4) is 0 Å². The van der Waals surface area contributed by atoms with Crippen LogP contribution >= 0.6 is 39.1 Å². The van der Waals surface area contributed by atoms with Crippen molar-refractivity contribution < 1.29 is 19.0 Å². The number of amides is 1. The largest absolute Gasteiger partial charge is 0.494 e. The van der Waals surface area contributed by atoms with E-state index in [2.05, 4.69) is 21.2 Å². The Morgan fingerprint density at radius 2 is 1.91 bits per heavy atom. The Morgan fingerprint density at radius 3 is 2.60 bits per heavy atom. The highest BCUT2D eigenvalue weighted by Gasteiger charge is 2.15. The van der Waals surface area contributed by atoms with Crippen LogP contribution in [-0.2, 0) is 11.4 Å². The third kappa shape index (κ3) is 7.15. The van der Waals surface area contributed by atoms with Gasteiger partial charge in [0.05, 0.1) is 13.7 Å². The molecule has 0 aliphatic carbocycles. The lowest BCUT2D eigenvalue weighted by Gasteiger charge is -2.14. The van der Waals surface area contributed by atoms with Crippen LogP contribution in [0.15, 0.2) is 64.6 Å². The van der Waals surface area contributed by atoms with E-state index in [0.29, 0.717) is 49.6 Å². The smallest absolute Gasteiger partial charge is 0.266 e. The van der Waals surface area contributed by atoms with Gasteiger partial charge in [-0.25, -0.2) is 0 Å². The van der Waals surface area contributed by atoms with Gasteiger partial charge < -0.3 is 19.5 Å². The molecule has 0 aliphatic rings. The lowest BCUT2D eigenvalue weighted by Crippen LogP contribution is -2.13. The molecule has 0 radical (unpaired) electrons. The number of carbonyl (C=O) groups excluding carboxylic acids is 1. The van der Waals surface area contributed by atoms with Gasteiger partial charge in [0, 0.05) is 31.8 Å². The molecule has 180 valence electrons. The Bertz CT molecular complexity index is 1300. The van der Waals surface area contributed by atoms with E-state index in [1.807, 2.05) is 13.0 Å². The monoisotopic (exact) mass is 574 g/mol. The number of hydrogen-bond donors (Lipinski definition) is 1. The minimum atomic E-state index is -0.551. The zero-order valence-electron chi connectivity index (χ0n) is 18.9. The summed E-state index contributed by atoms with van der Waals surface area (Å²) in [7, 11) is 1.50. The van der Waals surface area contributed by atoms with Gasteiger partial charge >= 0.3 is 0 Å². The lowest BCUT2D eigenvalue weighted by molar-refractivity contribution is -0.112. The lowest BCUT2D eigenvalue weighted by atomic mass is 10.1. The van der Waals surface area contributed by atoms with Gasteiger partial charge in [0.15, 0.2) is 11.5 Å².